The Hall–Kier alpha value is -1.99. The number of anilines is 1. The number of piperazine rings is 1. The van der Waals surface area contributed by atoms with Crippen LogP contribution in [0.1, 0.15) is 67.2 Å². The van der Waals surface area contributed by atoms with Crippen molar-refractivity contribution in [2.75, 3.05) is 31.3 Å². The minimum absolute atomic E-state index is 0.0216. The second-order valence-electron chi connectivity index (χ2n) is 15.0. The van der Waals surface area contributed by atoms with Gasteiger partial charge in [0.05, 0.1) is 43.3 Å². The van der Waals surface area contributed by atoms with Crippen molar-refractivity contribution in [3.63, 3.8) is 0 Å². The van der Waals surface area contributed by atoms with Gasteiger partial charge in [-0.3, -0.25) is 4.90 Å². The Balaban J connectivity index is 1.60. The molecule has 244 valence electrons. The molecule has 1 amide bonds. The highest BCUT2D eigenvalue weighted by atomic mass is 35.5. The molecule has 2 saturated heterocycles. The van der Waals surface area contributed by atoms with Gasteiger partial charge >= 0.3 is 12.1 Å². The van der Waals surface area contributed by atoms with Gasteiger partial charge in [-0.2, -0.15) is 9.97 Å². The summed E-state index contributed by atoms with van der Waals surface area (Å²) < 4.78 is 34.1. The van der Waals surface area contributed by atoms with Crippen LogP contribution in [0.4, 0.5) is 15.0 Å². The molecule has 3 atom stereocenters. The van der Waals surface area contributed by atoms with Crippen molar-refractivity contribution in [1.29, 1.82) is 0 Å². The fraction of sp³-hybridized carbons (Fsp3) is 0.733. The van der Waals surface area contributed by atoms with E-state index in [2.05, 4.69) is 43.8 Å². The normalized spacial score (nSPS) is 23.3. The summed E-state index contributed by atoms with van der Waals surface area (Å²) in [6, 6.07) is -0.837. The van der Waals surface area contributed by atoms with Gasteiger partial charge in [-0.05, 0) is 64.6 Å². The molecule has 0 unspecified atom stereocenters. The maximum absolute atomic E-state index is 15.5. The third kappa shape index (κ3) is 6.47. The van der Waals surface area contributed by atoms with Crippen LogP contribution in [0.5, 0.6) is 6.01 Å². The summed E-state index contributed by atoms with van der Waals surface area (Å²) in [5.41, 5.74) is -1.10. The first-order valence-electron chi connectivity index (χ1n) is 15.2. The number of aliphatic hydroxyl groups excluding tert-OH is 1. The van der Waals surface area contributed by atoms with Crippen molar-refractivity contribution in [1.82, 2.24) is 19.9 Å². The molecule has 14 heteroatoms. The Morgan fingerprint density at radius 1 is 1.09 bits per heavy atom. The van der Waals surface area contributed by atoms with E-state index >= 15 is 4.39 Å². The molecule has 10 nitrogen and oxygen atoms in total. The molecule has 2 aliphatic heterocycles. The quantitative estimate of drug-likeness (QED) is 0.245. The zero-order valence-electron chi connectivity index (χ0n) is 26.8. The number of carbonyl (C=O) groups is 1. The number of carbonyl (C=O) groups excluding carboxylic acids is 1. The summed E-state index contributed by atoms with van der Waals surface area (Å²) in [7, 11) is -2.22. The van der Waals surface area contributed by atoms with Crippen LogP contribution in [0, 0.1) is 11.2 Å². The Morgan fingerprint density at radius 2 is 1.77 bits per heavy atom. The van der Waals surface area contributed by atoms with E-state index in [4.69, 9.17) is 42.1 Å². The van der Waals surface area contributed by atoms with E-state index < -0.39 is 24.9 Å². The first-order chi connectivity index (χ1) is 20.4. The van der Waals surface area contributed by atoms with Crippen molar-refractivity contribution in [3.05, 3.63) is 16.1 Å². The van der Waals surface area contributed by atoms with Gasteiger partial charge in [-0.15, -0.1) is 0 Å². The van der Waals surface area contributed by atoms with Gasteiger partial charge in [0, 0.05) is 12.0 Å². The molecule has 44 heavy (non-hydrogen) atoms. The Labute approximate surface area is 269 Å². The molecule has 1 aliphatic carbocycles. The number of halogens is 3. The molecule has 0 spiro atoms. The van der Waals surface area contributed by atoms with Crippen LogP contribution in [0.25, 0.3) is 10.9 Å². The molecular weight excluding hydrogens is 628 g/mol. The van der Waals surface area contributed by atoms with E-state index in [0.29, 0.717) is 19.0 Å². The molecule has 5 rings (SSSR count). The van der Waals surface area contributed by atoms with Gasteiger partial charge in [0.25, 0.3) is 0 Å². The molecule has 3 fully saturated rings. The van der Waals surface area contributed by atoms with E-state index in [1.807, 2.05) is 30.6 Å². The lowest BCUT2D eigenvalue weighted by molar-refractivity contribution is 0.00490. The highest BCUT2D eigenvalue weighted by molar-refractivity contribution is 6.74. The second-order valence-corrected chi connectivity index (χ2v) is 20.5. The van der Waals surface area contributed by atoms with Gasteiger partial charge in [0.1, 0.15) is 22.1 Å². The highest BCUT2D eigenvalue weighted by Crippen LogP contribution is 2.46. The standard InChI is InChI=1S/C30H44Cl2FN5O5Si/c1-28(2,3)43-27(40)38-17-9-10-18(38)19(14-42-44(7,8)29(4,5)6)37(13-17)25-20-22(21(33)24(32)35-23(20)31)34-26(36-25)41-16-30(15-39)11-12-30/h17-19,39H,9-16H2,1-8H3/t17-,18+,19-/m1/s1. The topological polar surface area (TPSA) is 110 Å². The summed E-state index contributed by atoms with van der Waals surface area (Å²) in [5, 5.41) is 9.55. The minimum Gasteiger partial charge on any atom is -0.463 e. The Kier molecular flexibility index (Phi) is 8.85. The van der Waals surface area contributed by atoms with Crippen LogP contribution in [0.3, 0.4) is 0 Å². The highest BCUT2D eigenvalue weighted by Gasteiger charge is 2.52. The third-order valence-electron chi connectivity index (χ3n) is 9.56. The molecule has 2 aromatic heterocycles. The fourth-order valence-electron chi connectivity index (χ4n) is 5.67. The predicted octanol–water partition coefficient (Wildman–Crippen LogP) is 6.60. The van der Waals surface area contributed by atoms with Crippen LogP contribution in [-0.2, 0) is 9.16 Å². The molecule has 2 aromatic rings. The summed E-state index contributed by atoms with van der Waals surface area (Å²) >= 11 is 12.7. The first kappa shape index (κ1) is 33.4. The summed E-state index contributed by atoms with van der Waals surface area (Å²) in [5.74, 6) is -0.483. The molecule has 1 N–H and O–H groups in total. The van der Waals surface area contributed by atoms with Gasteiger partial charge in [0.15, 0.2) is 19.3 Å². The van der Waals surface area contributed by atoms with Crippen molar-refractivity contribution < 1.29 is 28.2 Å². The number of aliphatic hydroxyl groups is 1. The average Bonchev–Trinajstić information content (AvgIpc) is 3.63. The number of fused-ring (bicyclic) bond motifs is 3. The van der Waals surface area contributed by atoms with Crippen molar-refractivity contribution in [3.8, 4) is 6.01 Å². The maximum Gasteiger partial charge on any atom is 0.410 e. The van der Waals surface area contributed by atoms with Crippen LogP contribution < -0.4 is 9.64 Å². The summed E-state index contributed by atoms with van der Waals surface area (Å²) in [4.78, 5) is 30.6. The van der Waals surface area contributed by atoms with Gasteiger partial charge < -0.3 is 23.9 Å². The third-order valence-corrected chi connectivity index (χ3v) is 14.6. The molecular formula is C30H44Cl2FN5O5Si. The van der Waals surface area contributed by atoms with Crippen molar-refractivity contribution in [2.24, 2.45) is 5.41 Å². The van der Waals surface area contributed by atoms with E-state index in [1.165, 1.54) is 0 Å². The summed E-state index contributed by atoms with van der Waals surface area (Å²) in [6.45, 7) is 17.3. The smallest absolute Gasteiger partial charge is 0.410 e. The van der Waals surface area contributed by atoms with E-state index in [9.17, 15) is 9.90 Å². The number of pyridine rings is 1. The number of hydrogen-bond donors (Lipinski definition) is 1. The molecule has 0 aromatic carbocycles. The van der Waals surface area contributed by atoms with Crippen LogP contribution in [0.15, 0.2) is 0 Å². The molecule has 1 saturated carbocycles. The lowest BCUT2D eigenvalue weighted by Gasteiger charge is -2.48. The van der Waals surface area contributed by atoms with Crippen LogP contribution in [-0.4, -0.2) is 89.5 Å². The largest absolute Gasteiger partial charge is 0.463 e. The van der Waals surface area contributed by atoms with Crippen LogP contribution in [0.2, 0.25) is 28.4 Å². The number of nitrogens with zero attached hydrogens (tertiary/aromatic N) is 5. The Morgan fingerprint density at radius 3 is 2.36 bits per heavy atom. The first-order valence-corrected chi connectivity index (χ1v) is 18.9. The lowest BCUT2D eigenvalue weighted by atomic mass is 10.0. The number of aromatic nitrogens is 3. The zero-order valence-corrected chi connectivity index (χ0v) is 29.4. The number of hydrogen-bond acceptors (Lipinski definition) is 9. The SMILES string of the molecule is CC(C)(C)OC(=O)N1[C@@H]2CC[C@H]1[C@@H](CO[Si](C)(C)C(C)(C)C)N(c1nc(OCC3(CO)CC3)nc3c(F)c(Cl)nc(Cl)c13)C2. The summed E-state index contributed by atoms with van der Waals surface area (Å²) in [6.07, 6.45) is 2.78. The second kappa shape index (κ2) is 11.7. The van der Waals surface area contributed by atoms with Crippen molar-refractivity contribution in [2.45, 2.75) is 109 Å². The van der Waals surface area contributed by atoms with E-state index in [0.717, 1.165) is 25.7 Å². The van der Waals surface area contributed by atoms with Gasteiger partial charge in [-0.25, -0.2) is 14.2 Å². The fourth-order valence-corrected chi connectivity index (χ4v) is 7.17. The van der Waals surface area contributed by atoms with Crippen LogP contribution >= 0.6 is 23.2 Å². The number of ether oxygens (including phenoxy) is 2. The maximum atomic E-state index is 15.5. The van der Waals surface area contributed by atoms with Crippen molar-refractivity contribution >= 4 is 54.3 Å². The van der Waals surface area contributed by atoms with Gasteiger partial charge in [-0.1, -0.05) is 44.0 Å². The monoisotopic (exact) mass is 671 g/mol. The molecule has 0 radical (unpaired) electrons. The average molecular weight is 673 g/mol. The lowest BCUT2D eigenvalue weighted by Crippen LogP contribution is -2.64. The molecule has 2 bridgehead atoms. The van der Waals surface area contributed by atoms with E-state index in [-0.39, 0.29) is 70.0 Å². The predicted molar refractivity (Wildman–Crippen MR) is 171 cm³/mol. The zero-order chi connectivity index (χ0) is 32.4. The Bertz CT molecular complexity index is 1430. The van der Waals surface area contributed by atoms with Gasteiger partial charge in [0.2, 0.25) is 0 Å². The number of amides is 1. The minimum atomic E-state index is -2.22. The van der Waals surface area contributed by atoms with E-state index in [1.54, 1.807) is 0 Å². The molecule has 3 aliphatic rings. The molecule has 4 heterocycles. The number of rotatable bonds is 8.